The Bertz CT molecular complexity index is 1150. The maximum Gasteiger partial charge on any atom is 0.235 e. The summed E-state index contributed by atoms with van der Waals surface area (Å²) in [6.07, 6.45) is 2.67. The first kappa shape index (κ1) is 14.3. The molecule has 4 aromatic rings. The van der Waals surface area contributed by atoms with Crippen LogP contribution in [-0.4, -0.2) is 20.2 Å². The van der Waals surface area contributed by atoms with Gasteiger partial charge < -0.3 is 0 Å². The van der Waals surface area contributed by atoms with Crippen LogP contribution in [0.1, 0.15) is 34.0 Å². The Morgan fingerprint density at radius 3 is 2.68 bits per heavy atom. The van der Waals surface area contributed by atoms with Gasteiger partial charge in [0.2, 0.25) is 5.78 Å². The predicted octanol–water partition coefficient (Wildman–Crippen LogP) is 3.93. The minimum atomic E-state index is -0.267. The molecule has 0 saturated carbocycles. The fraction of sp³-hybridized carbons (Fsp3) is 0.150. The van der Waals surface area contributed by atoms with Crippen molar-refractivity contribution >= 4 is 22.6 Å². The van der Waals surface area contributed by atoms with Crippen molar-refractivity contribution in [1.82, 2.24) is 14.4 Å². The molecule has 0 N–H and O–H groups in total. The summed E-state index contributed by atoms with van der Waals surface area (Å²) in [6, 6.07) is 14.4. The van der Waals surface area contributed by atoms with Gasteiger partial charge in [0.25, 0.3) is 0 Å². The van der Waals surface area contributed by atoms with Crippen molar-refractivity contribution in [3.63, 3.8) is 0 Å². The number of imidazole rings is 1. The molecule has 1 unspecified atom stereocenters. The van der Waals surface area contributed by atoms with E-state index in [1.807, 2.05) is 34.9 Å². The second-order valence-electron chi connectivity index (χ2n) is 6.42. The van der Waals surface area contributed by atoms with E-state index in [9.17, 15) is 9.18 Å². The van der Waals surface area contributed by atoms with Crippen LogP contribution in [0.4, 0.5) is 4.39 Å². The Morgan fingerprint density at radius 1 is 1.00 bits per heavy atom. The van der Waals surface area contributed by atoms with Crippen LogP contribution < -0.4 is 0 Å². The Labute approximate surface area is 143 Å². The maximum atomic E-state index is 14.1. The molecule has 0 aliphatic heterocycles. The summed E-state index contributed by atoms with van der Waals surface area (Å²) in [6.45, 7) is 0. The summed E-state index contributed by atoms with van der Waals surface area (Å²) >= 11 is 0. The first-order valence-corrected chi connectivity index (χ1v) is 8.25. The number of benzene rings is 2. The van der Waals surface area contributed by atoms with Gasteiger partial charge in [0.05, 0.1) is 22.3 Å². The lowest BCUT2D eigenvalue weighted by Crippen LogP contribution is -2.21. The Morgan fingerprint density at radius 2 is 1.80 bits per heavy atom. The van der Waals surface area contributed by atoms with Gasteiger partial charge in [-0.25, -0.2) is 14.4 Å². The van der Waals surface area contributed by atoms with Crippen LogP contribution in [-0.2, 0) is 6.42 Å². The SMILES string of the molecule is O=C1CC(c2ccccc2F)Cc2nc3nc4ccccc4n3cc21. The van der Waals surface area contributed by atoms with Crippen molar-refractivity contribution in [3.05, 3.63) is 77.4 Å². The van der Waals surface area contributed by atoms with Crippen molar-refractivity contribution < 1.29 is 9.18 Å². The Kier molecular flexibility index (Phi) is 2.98. The molecule has 2 aromatic heterocycles. The number of carbonyl (C=O) groups is 1. The third kappa shape index (κ3) is 2.16. The van der Waals surface area contributed by atoms with E-state index in [4.69, 9.17) is 0 Å². The summed E-state index contributed by atoms with van der Waals surface area (Å²) in [5.41, 5.74) is 3.67. The Hall–Kier alpha value is -3.08. The zero-order valence-electron chi connectivity index (χ0n) is 13.3. The fourth-order valence-corrected chi connectivity index (χ4v) is 3.68. The van der Waals surface area contributed by atoms with Gasteiger partial charge in [-0.1, -0.05) is 30.3 Å². The zero-order chi connectivity index (χ0) is 17.0. The highest BCUT2D eigenvalue weighted by atomic mass is 19.1. The van der Waals surface area contributed by atoms with Crippen molar-refractivity contribution in [1.29, 1.82) is 0 Å². The number of carbonyl (C=O) groups excluding carboxylic acids is 1. The van der Waals surface area contributed by atoms with E-state index in [2.05, 4.69) is 9.97 Å². The molecule has 0 spiro atoms. The molecule has 5 rings (SSSR count). The van der Waals surface area contributed by atoms with E-state index in [-0.39, 0.29) is 17.5 Å². The van der Waals surface area contributed by atoms with Crippen molar-refractivity contribution in [3.8, 4) is 0 Å². The summed E-state index contributed by atoms with van der Waals surface area (Å²) < 4.78 is 16.0. The number of fused-ring (bicyclic) bond motifs is 4. The number of Topliss-reactive ketones (excluding diaryl/α,β-unsaturated/α-hetero) is 1. The summed E-state index contributed by atoms with van der Waals surface area (Å²) in [7, 11) is 0. The minimum absolute atomic E-state index is 0.00156. The van der Waals surface area contributed by atoms with Crippen LogP contribution in [0.2, 0.25) is 0 Å². The molecule has 2 aromatic carbocycles. The first-order valence-electron chi connectivity index (χ1n) is 8.25. The summed E-state index contributed by atoms with van der Waals surface area (Å²) in [5, 5.41) is 0. The fourth-order valence-electron chi connectivity index (χ4n) is 3.68. The van der Waals surface area contributed by atoms with Crippen molar-refractivity contribution in [2.75, 3.05) is 0 Å². The van der Waals surface area contributed by atoms with Crippen molar-refractivity contribution in [2.45, 2.75) is 18.8 Å². The topological polar surface area (TPSA) is 47.3 Å². The number of nitrogens with zero attached hydrogens (tertiary/aromatic N) is 3. The molecule has 5 heteroatoms. The van der Waals surface area contributed by atoms with Crippen molar-refractivity contribution in [2.24, 2.45) is 0 Å². The van der Waals surface area contributed by atoms with Gasteiger partial charge >= 0.3 is 0 Å². The van der Waals surface area contributed by atoms with E-state index in [1.54, 1.807) is 18.2 Å². The monoisotopic (exact) mass is 331 g/mol. The van der Waals surface area contributed by atoms with Gasteiger partial charge in [0, 0.05) is 12.6 Å². The third-order valence-electron chi connectivity index (χ3n) is 4.90. The Balaban J connectivity index is 1.66. The number of ketones is 1. The molecule has 1 aliphatic carbocycles. The largest absolute Gasteiger partial charge is 0.294 e. The van der Waals surface area contributed by atoms with Crippen LogP contribution in [0.15, 0.2) is 54.7 Å². The molecule has 0 amide bonds. The minimum Gasteiger partial charge on any atom is -0.294 e. The number of hydrogen-bond donors (Lipinski definition) is 0. The molecule has 0 radical (unpaired) electrons. The van der Waals surface area contributed by atoms with Gasteiger partial charge in [0.1, 0.15) is 5.82 Å². The molecule has 0 fully saturated rings. The lowest BCUT2D eigenvalue weighted by molar-refractivity contribution is 0.0962. The molecule has 25 heavy (non-hydrogen) atoms. The first-order chi connectivity index (χ1) is 12.2. The highest BCUT2D eigenvalue weighted by Crippen LogP contribution is 2.33. The molecule has 122 valence electrons. The number of halogens is 1. The number of para-hydroxylation sites is 2. The second-order valence-corrected chi connectivity index (χ2v) is 6.42. The van der Waals surface area contributed by atoms with Crippen LogP contribution in [0, 0.1) is 5.82 Å². The summed E-state index contributed by atoms with van der Waals surface area (Å²) in [5.74, 6) is 0.125. The highest BCUT2D eigenvalue weighted by Gasteiger charge is 2.29. The molecule has 0 saturated heterocycles. The van der Waals surface area contributed by atoms with E-state index < -0.39 is 0 Å². The quantitative estimate of drug-likeness (QED) is 0.531. The highest BCUT2D eigenvalue weighted by molar-refractivity contribution is 5.99. The number of rotatable bonds is 1. The molecule has 1 aliphatic rings. The third-order valence-corrected chi connectivity index (χ3v) is 4.90. The van der Waals surface area contributed by atoms with Crippen LogP contribution in [0.5, 0.6) is 0 Å². The predicted molar refractivity (Wildman–Crippen MR) is 92.3 cm³/mol. The normalized spacial score (nSPS) is 17.2. The second kappa shape index (κ2) is 5.21. The molecular formula is C20H14FN3O. The van der Waals surface area contributed by atoms with Crippen LogP contribution in [0.25, 0.3) is 16.8 Å². The average Bonchev–Trinajstić information content (AvgIpc) is 2.98. The van der Waals surface area contributed by atoms with Gasteiger partial charge in [0.15, 0.2) is 5.78 Å². The summed E-state index contributed by atoms with van der Waals surface area (Å²) in [4.78, 5) is 21.8. The zero-order valence-corrected chi connectivity index (χ0v) is 13.3. The van der Waals surface area contributed by atoms with E-state index in [1.165, 1.54) is 6.07 Å². The lowest BCUT2D eigenvalue weighted by atomic mass is 9.82. The molecule has 1 atom stereocenters. The van der Waals surface area contributed by atoms with Crippen LogP contribution in [0.3, 0.4) is 0 Å². The van der Waals surface area contributed by atoms with E-state index >= 15 is 0 Å². The van der Waals surface area contributed by atoms with Crippen LogP contribution >= 0.6 is 0 Å². The molecular weight excluding hydrogens is 317 g/mol. The van der Waals surface area contributed by atoms with Gasteiger partial charge in [-0.05, 0) is 36.1 Å². The maximum absolute atomic E-state index is 14.1. The molecule has 2 heterocycles. The number of hydrogen-bond acceptors (Lipinski definition) is 3. The van der Waals surface area contributed by atoms with Gasteiger partial charge in [-0.2, -0.15) is 0 Å². The van der Waals surface area contributed by atoms with E-state index in [0.29, 0.717) is 35.4 Å². The smallest absolute Gasteiger partial charge is 0.235 e. The molecule has 0 bridgehead atoms. The standard InChI is InChI=1S/C20H14FN3O/c21-15-6-2-1-5-13(15)12-9-17-14(19(25)10-12)11-24-18-8-4-3-7-16(18)22-20(24)23-17/h1-8,11-12H,9-10H2. The van der Waals surface area contributed by atoms with E-state index in [0.717, 1.165) is 11.0 Å². The average molecular weight is 331 g/mol. The molecule has 4 nitrogen and oxygen atoms in total. The lowest BCUT2D eigenvalue weighted by Gasteiger charge is -2.23. The number of aromatic nitrogens is 3. The van der Waals surface area contributed by atoms with Gasteiger partial charge in [-0.3, -0.25) is 9.20 Å². The van der Waals surface area contributed by atoms with Gasteiger partial charge in [-0.15, -0.1) is 0 Å².